The molecule has 0 radical (unpaired) electrons. The predicted octanol–water partition coefficient (Wildman–Crippen LogP) is -0.847. The normalized spacial score (nSPS) is 22.8. The maximum atomic E-state index is 11.4. The van der Waals surface area contributed by atoms with E-state index in [0.717, 1.165) is 9.80 Å². The van der Waals surface area contributed by atoms with Crippen LogP contribution in [0.1, 0.15) is 0 Å². The third-order valence-corrected chi connectivity index (χ3v) is 2.03. The van der Waals surface area contributed by atoms with E-state index in [9.17, 15) is 9.59 Å². The van der Waals surface area contributed by atoms with E-state index in [4.69, 9.17) is 10.3 Å². The van der Waals surface area contributed by atoms with Gasteiger partial charge in [0, 0.05) is 21.2 Å². The van der Waals surface area contributed by atoms with E-state index in [-0.39, 0.29) is 5.71 Å². The molecule has 0 bridgehead atoms. The quantitative estimate of drug-likeness (QED) is 0.406. The van der Waals surface area contributed by atoms with Crippen LogP contribution >= 0.6 is 0 Å². The summed E-state index contributed by atoms with van der Waals surface area (Å²) in [6.07, 6.45) is -0.934. The molecule has 0 aromatic rings. The Morgan fingerprint density at radius 1 is 1.43 bits per heavy atom. The lowest BCUT2D eigenvalue weighted by atomic mass is 10.2. The lowest BCUT2D eigenvalue weighted by Crippen LogP contribution is -2.60. The highest BCUT2D eigenvalue weighted by Gasteiger charge is 2.46. The van der Waals surface area contributed by atoms with Crippen molar-refractivity contribution in [3.63, 3.8) is 0 Å². The average molecular weight is 198 g/mol. The summed E-state index contributed by atoms with van der Waals surface area (Å²) in [6.45, 7) is 0. The molecule has 14 heavy (non-hydrogen) atoms. The molecule has 1 heterocycles. The lowest BCUT2D eigenvalue weighted by molar-refractivity contribution is -0.132. The third-order valence-electron chi connectivity index (χ3n) is 2.03. The predicted molar refractivity (Wildman–Crippen MR) is 45.4 cm³/mol. The molecule has 7 nitrogen and oxygen atoms in total. The number of urea groups is 1. The van der Waals surface area contributed by atoms with Crippen molar-refractivity contribution >= 4 is 17.6 Å². The van der Waals surface area contributed by atoms with Gasteiger partial charge in [-0.3, -0.25) is 14.6 Å². The first-order valence-electron chi connectivity index (χ1n) is 3.84. The fourth-order valence-corrected chi connectivity index (χ4v) is 1.25. The second-order valence-electron chi connectivity index (χ2n) is 2.83. The fourth-order valence-electron chi connectivity index (χ4n) is 1.25. The SMILES string of the molecule is COC1C(=[N+]=[N-])C(=O)N(C)C(=O)N1C. The van der Waals surface area contributed by atoms with Gasteiger partial charge in [-0.05, 0) is 0 Å². The van der Waals surface area contributed by atoms with E-state index in [0.29, 0.717) is 0 Å². The molecule has 0 aromatic heterocycles. The van der Waals surface area contributed by atoms with Gasteiger partial charge in [0.15, 0.2) is 0 Å². The summed E-state index contributed by atoms with van der Waals surface area (Å²) in [4.78, 5) is 27.6. The lowest BCUT2D eigenvalue weighted by Gasteiger charge is -2.31. The van der Waals surface area contributed by atoms with Crippen molar-refractivity contribution in [1.82, 2.24) is 9.80 Å². The number of hydrogen-bond donors (Lipinski definition) is 0. The molecule has 7 heteroatoms. The van der Waals surface area contributed by atoms with Gasteiger partial charge >= 0.3 is 17.6 Å². The van der Waals surface area contributed by atoms with E-state index in [2.05, 4.69) is 4.79 Å². The Hall–Kier alpha value is -1.72. The third kappa shape index (κ3) is 1.28. The van der Waals surface area contributed by atoms with Crippen molar-refractivity contribution in [2.24, 2.45) is 0 Å². The van der Waals surface area contributed by atoms with E-state index in [1.165, 1.54) is 21.2 Å². The van der Waals surface area contributed by atoms with E-state index >= 15 is 0 Å². The van der Waals surface area contributed by atoms with Crippen LogP contribution < -0.4 is 0 Å². The summed E-state index contributed by atoms with van der Waals surface area (Å²) >= 11 is 0. The smallest absolute Gasteiger partial charge is 0.361 e. The van der Waals surface area contributed by atoms with Crippen LogP contribution in [0.15, 0.2) is 0 Å². The molecular formula is C7H10N4O3. The number of rotatable bonds is 1. The standard InChI is InChI=1S/C7H10N4O3/c1-10-5(12)4(9-8)6(14-3)11(2)7(10)13/h6H,1-3H3. The molecule has 1 unspecified atom stereocenters. The molecular weight excluding hydrogens is 188 g/mol. The summed E-state index contributed by atoms with van der Waals surface area (Å²) in [5.74, 6) is -0.664. The molecule has 1 fully saturated rings. The van der Waals surface area contributed by atoms with E-state index < -0.39 is 18.2 Å². The van der Waals surface area contributed by atoms with Gasteiger partial charge in [-0.2, -0.15) is 4.79 Å². The van der Waals surface area contributed by atoms with Crippen LogP contribution in [0.2, 0.25) is 0 Å². The number of ether oxygens (including phenoxy) is 1. The molecule has 3 amide bonds. The number of methoxy groups -OCH3 is 1. The van der Waals surface area contributed by atoms with Gasteiger partial charge in [-0.25, -0.2) is 4.79 Å². The number of amides is 3. The first kappa shape index (κ1) is 10.4. The molecule has 0 N–H and O–H groups in total. The van der Waals surface area contributed by atoms with Gasteiger partial charge in [0.1, 0.15) is 0 Å². The van der Waals surface area contributed by atoms with Crippen LogP contribution in [0.3, 0.4) is 0 Å². The average Bonchev–Trinajstić information content (AvgIpc) is 2.20. The first-order chi connectivity index (χ1) is 6.54. The molecule has 76 valence electrons. The Morgan fingerprint density at radius 3 is 2.43 bits per heavy atom. The van der Waals surface area contributed by atoms with Crippen molar-refractivity contribution in [2.45, 2.75) is 6.23 Å². The van der Waals surface area contributed by atoms with Gasteiger partial charge in [0.25, 0.3) is 0 Å². The van der Waals surface area contributed by atoms with Crippen LogP contribution in [0.25, 0.3) is 5.53 Å². The van der Waals surface area contributed by atoms with Crippen molar-refractivity contribution in [3.05, 3.63) is 5.53 Å². The van der Waals surface area contributed by atoms with Gasteiger partial charge in [0.05, 0.1) is 0 Å². The highest BCUT2D eigenvalue weighted by Crippen LogP contribution is 2.11. The maximum Gasteiger partial charge on any atom is 0.405 e. The molecule has 0 saturated carbocycles. The Kier molecular flexibility index (Phi) is 2.64. The molecule has 1 atom stereocenters. The highest BCUT2D eigenvalue weighted by atomic mass is 16.5. The summed E-state index contributed by atoms with van der Waals surface area (Å²) in [5, 5.41) is 0. The monoisotopic (exact) mass is 198 g/mol. The minimum Gasteiger partial charge on any atom is -0.361 e. The largest absolute Gasteiger partial charge is 0.405 e. The minimum atomic E-state index is -0.934. The zero-order chi connectivity index (χ0) is 10.9. The molecule has 0 aromatic carbocycles. The number of carbonyl (C=O) groups is 2. The van der Waals surface area contributed by atoms with E-state index in [1.807, 2.05) is 0 Å². The van der Waals surface area contributed by atoms with Gasteiger partial charge in [0.2, 0.25) is 6.23 Å². The summed E-state index contributed by atoms with van der Waals surface area (Å²) < 4.78 is 4.86. The van der Waals surface area contributed by atoms with Crippen molar-refractivity contribution in [1.29, 1.82) is 0 Å². The molecule has 1 aliphatic rings. The summed E-state index contributed by atoms with van der Waals surface area (Å²) in [5.41, 5.74) is 8.40. The van der Waals surface area contributed by atoms with Gasteiger partial charge in [-0.15, -0.1) is 0 Å². The Labute approximate surface area is 80.5 Å². The van der Waals surface area contributed by atoms with Crippen LogP contribution in [0.4, 0.5) is 4.79 Å². The molecule has 1 aliphatic heterocycles. The van der Waals surface area contributed by atoms with Crippen LogP contribution in [-0.4, -0.2) is 59.7 Å². The topological polar surface area (TPSA) is 86.2 Å². The van der Waals surface area contributed by atoms with Gasteiger partial charge < -0.3 is 10.3 Å². The van der Waals surface area contributed by atoms with Crippen LogP contribution in [0, 0.1) is 0 Å². The number of imide groups is 1. The van der Waals surface area contributed by atoms with Crippen molar-refractivity contribution in [3.8, 4) is 0 Å². The second kappa shape index (κ2) is 3.57. The zero-order valence-corrected chi connectivity index (χ0v) is 8.09. The highest BCUT2D eigenvalue weighted by molar-refractivity contribution is 6.42. The summed E-state index contributed by atoms with van der Waals surface area (Å²) in [6, 6.07) is -0.505. The Bertz CT molecular complexity index is 334. The van der Waals surface area contributed by atoms with Gasteiger partial charge in [-0.1, -0.05) is 0 Å². The number of hydrogen-bond acceptors (Lipinski definition) is 3. The van der Waals surface area contributed by atoms with Crippen LogP contribution in [0.5, 0.6) is 0 Å². The van der Waals surface area contributed by atoms with Crippen molar-refractivity contribution in [2.75, 3.05) is 21.2 Å². The Morgan fingerprint density at radius 2 is 2.00 bits per heavy atom. The minimum absolute atomic E-state index is 0.211. The first-order valence-corrected chi connectivity index (χ1v) is 3.84. The fraction of sp³-hybridized carbons (Fsp3) is 0.571. The molecule has 1 rings (SSSR count). The zero-order valence-electron chi connectivity index (χ0n) is 8.09. The molecule has 1 saturated heterocycles. The molecule has 0 spiro atoms. The molecule has 0 aliphatic carbocycles. The number of nitrogens with zero attached hydrogens (tertiary/aromatic N) is 4. The van der Waals surface area contributed by atoms with E-state index in [1.54, 1.807) is 0 Å². The second-order valence-corrected chi connectivity index (χ2v) is 2.83. The summed E-state index contributed by atoms with van der Waals surface area (Å²) in [7, 11) is 4.07. The number of carbonyl (C=O) groups excluding carboxylic acids is 2. The van der Waals surface area contributed by atoms with Crippen LogP contribution in [-0.2, 0) is 9.53 Å². The maximum absolute atomic E-state index is 11.4. The Balaban J connectivity index is 3.15. The van der Waals surface area contributed by atoms with Crippen molar-refractivity contribution < 1.29 is 19.1 Å².